The third-order valence-corrected chi connectivity index (χ3v) is 2.76. The van der Waals surface area contributed by atoms with Crippen LogP contribution < -0.4 is 5.73 Å². The van der Waals surface area contributed by atoms with E-state index >= 15 is 0 Å². The summed E-state index contributed by atoms with van der Waals surface area (Å²) in [6.07, 6.45) is 3.97. The van der Waals surface area contributed by atoms with Crippen molar-refractivity contribution in [2.24, 2.45) is 0 Å². The summed E-state index contributed by atoms with van der Waals surface area (Å²) in [7, 11) is 0. The van der Waals surface area contributed by atoms with Gasteiger partial charge in [0.2, 0.25) is 17.5 Å². The normalized spacial score (nSPS) is 10.7. The lowest BCUT2D eigenvalue weighted by atomic mass is 10.1. The van der Waals surface area contributed by atoms with E-state index in [1.54, 1.807) is 12.4 Å². The standard InChI is InChI=1S/C14H13N5O/c1-9-7-16-13(17-8-9)14-18-12(20-19-14)6-10-3-2-4-11(15)5-10/h2-5,7-8H,6,15H2,1H3. The van der Waals surface area contributed by atoms with Crippen molar-refractivity contribution < 1.29 is 4.52 Å². The van der Waals surface area contributed by atoms with Gasteiger partial charge in [-0.25, -0.2) is 9.97 Å². The Morgan fingerprint density at radius 3 is 2.70 bits per heavy atom. The molecule has 0 saturated heterocycles. The lowest BCUT2D eigenvalue weighted by Gasteiger charge is -1.97. The van der Waals surface area contributed by atoms with Crippen LogP contribution in [-0.4, -0.2) is 20.1 Å². The van der Waals surface area contributed by atoms with Crippen LogP contribution in [0.2, 0.25) is 0 Å². The van der Waals surface area contributed by atoms with E-state index < -0.39 is 0 Å². The maximum Gasteiger partial charge on any atom is 0.240 e. The molecule has 2 aromatic heterocycles. The van der Waals surface area contributed by atoms with Crippen molar-refractivity contribution in [3.05, 3.63) is 53.7 Å². The molecule has 0 bridgehead atoms. The Morgan fingerprint density at radius 1 is 1.15 bits per heavy atom. The van der Waals surface area contributed by atoms with Crippen LogP contribution in [-0.2, 0) is 6.42 Å². The van der Waals surface area contributed by atoms with Crippen molar-refractivity contribution in [3.8, 4) is 11.6 Å². The van der Waals surface area contributed by atoms with Gasteiger partial charge in [-0.3, -0.25) is 0 Å². The van der Waals surface area contributed by atoms with Crippen LogP contribution in [0.15, 0.2) is 41.2 Å². The van der Waals surface area contributed by atoms with Gasteiger partial charge in [0.25, 0.3) is 0 Å². The quantitative estimate of drug-likeness (QED) is 0.730. The second-order valence-electron chi connectivity index (χ2n) is 4.52. The monoisotopic (exact) mass is 267 g/mol. The summed E-state index contributed by atoms with van der Waals surface area (Å²) in [4.78, 5) is 12.6. The molecule has 0 aliphatic carbocycles. The van der Waals surface area contributed by atoms with Gasteiger partial charge in [0.15, 0.2) is 0 Å². The minimum atomic E-state index is 0.393. The van der Waals surface area contributed by atoms with Crippen molar-refractivity contribution in [2.75, 3.05) is 5.73 Å². The lowest BCUT2D eigenvalue weighted by molar-refractivity contribution is 0.385. The SMILES string of the molecule is Cc1cnc(-c2noc(Cc3cccc(N)c3)n2)nc1. The fourth-order valence-electron chi connectivity index (χ4n) is 1.80. The zero-order valence-corrected chi connectivity index (χ0v) is 10.9. The largest absolute Gasteiger partial charge is 0.399 e. The Bertz CT molecular complexity index is 720. The molecule has 0 radical (unpaired) electrons. The van der Waals surface area contributed by atoms with E-state index in [1.807, 2.05) is 31.2 Å². The van der Waals surface area contributed by atoms with Crippen LogP contribution in [0.25, 0.3) is 11.6 Å². The summed E-state index contributed by atoms with van der Waals surface area (Å²) < 4.78 is 5.21. The summed E-state index contributed by atoms with van der Waals surface area (Å²) in [5, 5.41) is 3.89. The summed E-state index contributed by atoms with van der Waals surface area (Å²) >= 11 is 0. The lowest BCUT2D eigenvalue weighted by Crippen LogP contribution is -1.93. The Hall–Kier alpha value is -2.76. The third kappa shape index (κ3) is 2.64. The van der Waals surface area contributed by atoms with E-state index in [1.165, 1.54) is 0 Å². The molecule has 0 aliphatic heterocycles. The molecule has 0 saturated carbocycles. The van der Waals surface area contributed by atoms with Gasteiger partial charge in [-0.2, -0.15) is 4.98 Å². The topological polar surface area (TPSA) is 90.7 Å². The maximum atomic E-state index is 5.74. The first-order valence-electron chi connectivity index (χ1n) is 6.17. The van der Waals surface area contributed by atoms with Gasteiger partial charge in [0.1, 0.15) is 0 Å². The number of aromatic nitrogens is 4. The number of hydrogen-bond donors (Lipinski definition) is 1. The van der Waals surface area contributed by atoms with E-state index in [4.69, 9.17) is 10.3 Å². The molecular weight excluding hydrogens is 254 g/mol. The Kier molecular flexibility index (Phi) is 3.12. The highest BCUT2D eigenvalue weighted by molar-refractivity contribution is 5.43. The fraction of sp³-hybridized carbons (Fsp3) is 0.143. The summed E-state index contributed by atoms with van der Waals surface area (Å²) in [5.41, 5.74) is 8.45. The van der Waals surface area contributed by atoms with Gasteiger partial charge in [-0.05, 0) is 30.2 Å². The van der Waals surface area contributed by atoms with Gasteiger partial charge >= 0.3 is 0 Å². The molecule has 0 atom stereocenters. The van der Waals surface area contributed by atoms with Gasteiger partial charge in [0, 0.05) is 18.1 Å². The minimum Gasteiger partial charge on any atom is -0.399 e. The number of nitrogens with two attached hydrogens (primary N) is 1. The number of hydrogen-bond acceptors (Lipinski definition) is 6. The molecule has 0 unspecified atom stereocenters. The molecule has 0 aliphatic rings. The number of benzene rings is 1. The van der Waals surface area contributed by atoms with Crippen LogP contribution >= 0.6 is 0 Å². The van der Waals surface area contributed by atoms with Crippen molar-refractivity contribution in [2.45, 2.75) is 13.3 Å². The Morgan fingerprint density at radius 2 is 1.95 bits per heavy atom. The van der Waals surface area contributed by atoms with E-state index in [0.717, 1.165) is 11.1 Å². The van der Waals surface area contributed by atoms with E-state index in [0.29, 0.717) is 29.6 Å². The van der Waals surface area contributed by atoms with Crippen molar-refractivity contribution in [1.82, 2.24) is 20.1 Å². The summed E-state index contributed by atoms with van der Waals surface area (Å²) in [6.45, 7) is 1.92. The molecule has 20 heavy (non-hydrogen) atoms. The van der Waals surface area contributed by atoms with Crippen LogP contribution in [0.5, 0.6) is 0 Å². The first-order valence-corrected chi connectivity index (χ1v) is 6.17. The fourth-order valence-corrected chi connectivity index (χ4v) is 1.80. The van der Waals surface area contributed by atoms with Crippen LogP contribution in [0.4, 0.5) is 5.69 Å². The predicted molar refractivity (Wildman–Crippen MR) is 73.7 cm³/mol. The molecule has 1 aromatic carbocycles. The Balaban J connectivity index is 1.82. The number of nitrogens with zero attached hydrogens (tertiary/aromatic N) is 4. The molecule has 6 heteroatoms. The van der Waals surface area contributed by atoms with Crippen molar-refractivity contribution in [1.29, 1.82) is 0 Å². The number of nitrogen functional groups attached to an aromatic ring is 1. The number of rotatable bonds is 3. The first-order chi connectivity index (χ1) is 9.70. The highest BCUT2D eigenvalue weighted by atomic mass is 16.5. The van der Waals surface area contributed by atoms with Crippen LogP contribution in [0, 0.1) is 6.92 Å². The zero-order valence-electron chi connectivity index (χ0n) is 10.9. The van der Waals surface area contributed by atoms with Gasteiger partial charge in [0.05, 0.1) is 6.42 Å². The first kappa shape index (κ1) is 12.3. The number of anilines is 1. The highest BCUT2D eigenvalue weighted by Crippen LogP contribution is 2.14. The molecule has 100 valence electrons. The van der Waals surface area contributed by atoms with Crippen molar-refractivity contribution >= 4 is 5.69 Å². The second-order valence-corrected chi connectivity index (χ2v) is 4.52. The minimum absolute atomic E-state index is 0.393. The molecule has 3 rings (SSSR count). The van der Waals surface area contributed by atoms with Crippen LogP contribution in [0.3, 0.4) is 0 Å². The maximum absolute atomic E-state index is 5.74. The molecule has 3 aromatic rings. The smallest absolute Gasteiger partial charge is 0.240 e. The van der Waals surface area contributed by atoms with E-state index in [-0.39, 0.29) is 0 Å². The van der Waals surface area contributed by atoms with Gasteiger partial charge in [-0.1, -0.05) is 17.3 Å². The Labute approximate surface area is 115 Å². The zero-order chi connectivity index (χ0) is 13.9. The molecule has 2 heterocycles. The van der Waals surface area contributed by atoms with Crippen LogP contribution in [0.1, 0.15) is 17.0 Å². The molecule has 2 N–H and O–H groups in total. The predicted octanol–water partition coefficient (Wildman–Crippen LogP) is 2.01. The average molecular weight is 267 g/mol. The molecular formula is C14H13N5O. The number of aryl methyl sites for hydroxylation is 1. The second kappa shape index (κ2) is 5.08. The van der Waals surface area contributed by atoms with E-state index in [9.17, 15) is 0 Å². The molecule has 0 amide bonds. The summed E-state index contributed by atoms with van der Waals surface area (Å²) in [5.74, 6) is 1.36. The van der Waals surface area contributed by atoms with Gasteiger partial charge in [-0.15, -0.1) is 0 Å². The summed E-state index contributed by atoms with van der Waals surface area (Å²) in [6, 6.07) is 7.57. The molecule has 0 fully saturated rings. The highest BCUT2D eigenvalue weighted by Gasteiger charge is 2.11. The van der Waals surface area contributed by atoms with Gasteiger partial charge < -0.3 is 10.3 Å². The molecule has 6 nitrogen and oxygen atoms in total. The average Bonchev–Trinajstić information content (AvgIpc) is 2.88. The third-order valence-electron chi connectivity index (χ3n) is 2.76. The molecule has 0 spiro atoms. The van der Waals surface area contributed by atoms with E-state index in [2.05, 4.69) is 20.1 Å². The van der Waals surface area contributed by atoms with Crippen molar-refractivity contribution in [3.63, 3.8) is 0 Å².